The van der Waals surface area contributed by atoms with Gasteiger partial charge in [-0.25, -0.2) is 0 Å². The average molecular weight is 306 g/mol. The number of rotatable bonds is 5. The highest BCUT2D eigenvalue weighted by Gasteiger charge is 2.44. The number of piperidine rings is 1. The van der Waals surface area contributed by atoms with Gasteiger partial charge in [0.1, 0.15) is 0 Å². The zero-order chi connectivity index (χ0) is 15.5. The fourth-order valence-electron chi connectivity index (χ4n) is 4.13. The molecule has 2 fully saturated rings. The fourth-order valence-corrected chi connectivity index (χ4v) is 4.13. The minimum Gasteiger partial charge on any atom is -0.383 e. The zero-order valence-electron chi connectivity index (χ0n) is 13.5. The smallest absolute Gasteiger partial charge is 0.220 e. The van der Waals surface area contributed by atoms with Crippen LogP contribution < -0.4 is 0 Å². The van der Waals surface area contributed by atoms with E-state index in [2.05, 4.69) is 14.9 Å². The third-order valence-corrected chi connectivity index (χ3v) is 5.04. The van der Waals surface area contributed by atoms with E-state index in [1.54, 1.807) is 20.2 Å². The number of hydrogen-bond donors (Lipinski definition) is 0. The van der Waals surface area contributed by atoms with Crippen molar-refractivity contribution in [1.29, 1.82) is 0 Å². The molecular weight excluding hydrogens is 280 g/mol. The molecule has 2 saturated heterocycles. The van der Waals surface area contributed by atoms with Crippen molar-refractivity contribution in [2.45, 2.75) is 38.4 Å². The van der Waals surface area contributed by atoms with E-state index in [9.17, 15) is 4.79 Å². The molecule has 0 bridgehead atoms. The van der Waals surface area contributed by atoms with Gasteiger partial charge in [0.05, 0.1) is 19.2 Å². The van der Waals surface area contributed by atoms with Crippen molar-refractivity contribution in [2.75, 3.05) is 33.4 Å². The van der Waals surface area contributed by atoms with E-state index < -0.39 is 0 Å². The summed E-state index contributed by atoms with van der Waals surface area (Å²) in [5.41, 5.74) is 0. The van der Waals surface area contributed by atoms with E-state index in [0.717, 1.165) is 45.6 Å². The molecule has 0 aliphatic carbocycles. The van der Waals surface area contributed by atoms with Crippen molar-refractivity contribution in [3.63, 3.8) is 0 Å². The van der Waals surface area contributed by atoms with Crippen LogP contribution in [0, 0.1) is 5.92 Å². The molecule has 2 aliphatic heterocycles. The van der Waals surface area contributed by atoms with Gasteiger partial charge in [-0.2, -0.15) is 5.10 Å². The number of nitrogens with zero attached hydrogens (tertiary/aromatic N) is 4. The molecule has 0 radical (unpaired) electrons. The van der Waals surface area contributed by atoms with Crippen LogP contribution in [0.15, 0.2) is 18.5 Å². The summed E-state index contributed by atoms with van der Waals surface area (Å²) in [7, 11) is 1.75. The van der Waals surface area contributed by atoms with Gasteiger partial charge in [0.25, 0.3) is 0 Å². The largest absolute Gasteiger partial charge is 0.383 e. The lowest BCUT2D eigenvalue weighted by Crippen LogP contribution is -2.49. The summed E-state index contributed by atoms with van der Waals surface area (Å²) in [5.74, 6) is 0.782. The highest BCUT2D eigenvalue weighted by molar-refractivity contribution is 5.74. The first kappa shape index (κ1) is 15.5. The summed E-state index contributed by atoms with van der Waals surface area (Å²) < 4.78 is 7.13. The molecule has 6 nitrogen and oxygen atoms in total. The van der Waals surface area contributed by atoms with Crippen molar-refractivity contribution >= 4 is 5.91 Å². The van der Waals surface area contributed by atoms with Gasteiger partial charge in [-0.05, 0) is 24.8 Å². The Balaban J connectivity index is 1.67. The monoisotopic (exact) mass is 306 g/mol. The minimum atomic E-state index is 0.204. The first-order valence-corrected chi connectivity index (χ1v) is 8.16. The maximum Gasteiger partial charge on any atom is 0.220 e. The summed E-state index contributed by atoms with van der Waals surface area (Å²) in [6.45, 7) is 6.41. The Kier molecular flexibility index (Phi) is 4.78. The molecule has 0 aromatic carbocycles. The van der Waals surface area contributed by atoms with Gasteiger partial charge in [-0.15, -0.1) is 0 Å². The van der Waals surface area contributed by atoms with E-state index in [4.69, 9.17) is 4.74 Å². The number of ether oxygens (including phenoxy) is 1. The van der Waals surface area contributed by atoms with Crippen LogP contribution in [0.25, 0.3) is 0 Å². The first-order chi connectivity index (χ1) is 10.7. The van der Waals surface area contributed by atoms with Gasteiger partial charge < -0.3 is 14.5 Å². The quantitative estimate of drug-likeness (QED) is 0.809. The van der Waals surface area contributed by atoms with E-state index in [1.807, 2.05) is 16.9 Å². The molecule has 1 amide bonds. The molecule has 2 aliphatic rings. The highest BCUT2D eigenvalue weighted by Crippen LogP contribution is 2.36. The Morgan fingerprint density at radius 1 is 1.45 bits per heavy atom. The number of amides is 1. The molecular formula is C16H26N4O2. The minimum absolute atomic E-state index is 0.204. The number of methoxy groups -OCH3 is 1. The normalized spacial score (nSPS) is 28.8. The third-order valence-electron chi connectivity index (χ3n) is 5.04. The Hall–Kier alpha value is -1.40. The van der Waals surface area contributed by atoms with E-state index >= 15 is 0 Å². The zero-order valence-corrected chi connectivity index (χ0v) is 13.5. The number of fused-ring (bicyclic) bond motifs is 1. The molecule has 0 spiro atoms. The topological polar surface area (TPSA) is 50.6 Å². The van der Waals surface area contributed by atoms with Gasteiger partial charge >= 0.3 is 0 Å². The predicted octanol–water partition coefficient (Wildman–Crippen LogP) is 0.841. The van der Waals surface area contributed by atoms with Gasteiger partial charge in [-0.3, -0.25) is 9.48 Å². The molecule has 3 heterocycles. The van der Waals surface area contributed by atoms with Gasteiger partial charge in [0.2, 0.25) is 5.91 Å². The molecule has 3 atom stereocenters. The second-order valence-electron chi connectivity index (χ2n) is 6.45. The molecule has 0 N–H and O–H groups in total. The summed E-state index contributed by atoms with van der Waals surface area (Å²) in [5, 5.41) is 4.30. The van der Waals surface area contributed by atoms with Gasteiger partial charge in [-0.1, -0.05) is 0 Å². The number of likely N-dealkylation sites (tertiary alicyclic amines) is 2. The second-order valence-corrected chi connectivity index (χ2v) is 6.45. The van der Waals surface area contributed by atoms with Crippen molar-refractivity contribution < 1.29 is 9.53 Å². The van der Waals surface area contributed by atoms with Crippen LogP contribution in [0.5, 0.6) is 0 Å². The molecule has 122 valence electrons. The van der Waals surface area contributed by atoms with Crippen LogP contribution in [0.3, 0.4) is 0 Å². The fraction of sp³-hybridized carbons (Fsp3) is 0.750. The number of aromatic nitrogens is 2. The van der Waals surface area contributed by atoms with E-state index in [1.165, 1.54) is 0 Å². The molecule has 1 aromatic heterocycles. The summed E-state index contributed by atoms with van der Waals surface area (Å²) in [6, 6.07) is 2.61. The lowest BCUT2D eigenvalue weighted by atomic mass is 9.92. The number of carbonyl (C=O) groups is 1. The lowest BCUT2D eigenvalue weighted by molar-refractivity contribution is -0.133. The first-order valence-electron chi connectivity index (χ1n) is 8.16. The second kappa shape index (κ2) is 6.79. The van der Waals surface area contributed by atoms with Crippen LogP contribution in [-0.4, -0.2) is 70.9 Å². The Bertz CT molecular complexity index is 490. The van der Waals surface area contributed by atoms with Crippen molar-refractivity contribution in [1.82, 2.24) is 19.6 Å². The Labute approximate surface area is 132 Å². The summed E-state index contributed by atoms with van der Waals surface area (Å²) in [4.78, 5) is 16.8. The maximum atomic E-state index is 12.2. The van der Waals surface area contributed by atoms with Crippen LogP contribution in [0.1, 0.15) is 19.8 Å². The van der Waals surface area contributed by atoms with Crippen LogP contribution in [0.2, 0.25) is 0 Å². The van der Waals surface area contributed by atoms with Crippen molar-refractivity contribution in [2.24, 2.45) is 5.92 Å². The van der Waals surface area contributed by atoms with E-state index in [0.29, 0.717) is 12.0 Å². The SMILES string of the molecule is COCCN1CC[C@@H]2[C@@H](CC(Cn3cccn3)N2C(C)=O)C1. The van der Waals surface area contributed by atoms with Crippen molar-refractivity contribution in [3.05, 3.63) is 18.5 Å². The standard InChI is InChI=1S/C16H26N4O2/c1-13(21)20-15(12-19-6-3-5-17-19)10-14-11-18(8-9-22-2)7-4-16(14)20/h3,5-6,14-16H,4,7-12H2,1-2H3/t14-,15?,16+/m0/s1. The van der Waals surface area contributed by atoms with Gasteiger partial charge in [0, 0.05) is 52.1 Å². The number of carbonyl (C=O) groups excluding carboxylic acids is 1. The summed E-state index contributed by atoms with van der Waals surface area (Å²) in [6.07, 6.45) is 5.93. The Morgan fingerprint density at radius 3 is 3.00 bits per heavy atom. The number of hydrogen-bond acceptors (Lipinski definition) is 4. The molecule has 1 unspecified atom stereocenters. The average Bonchev–Trinajstić information content (AvgIpc) is 3.11. The molecule has 3 rings (SSSR count). The predicted molar refractivity (Wildman–Crippen MR) is 83.4 cm³/mol. The van der Waals surface area contributed by atoms with Crippen LogP contribution in [-0.2, 0) is 16.1 Å². The Morgan fingerprint density at radius 2 is 2.32 bits per heavy atom. The van der Waals surface area contributed by atoms with Crippen LogP contribution in [0.4, 0.5) is 0 Å². The molecule has 1 aromatic rings. The van der Waals surface area contributed by atoms with Gasteiger partial charge in [0.15, 0.2) is 0 Å². The van der Waals surface area contributed by atoms with Crippen molar-refractivity contribution in [3.8, 4) is 0 Å². The maximum absolute atomic E-state index is 12.2. The lowest BCUT2D eigenvalue weighted by Gasteiger charge is -2.38. The molecule has 22 heavy (non-hydrogen) atoms. The molecule has 6 heteroatoms. The highest BCUT2D eigenvalue weighted by atomic mass is 16.5. The third kappa shape index (κ3) is 3.17. The van der Waals surface area contributed by atoms with Crippen LogP contribution >= 0.6 is 0 Å². The van der Waals surface area contributed by atoms with E-state index in [-0.39, 0.29) is 11.9 Å². The molecule has 0 saturated carbocycles. The summed E-state index contributed by atoms with van der Waals surface area (Å²) >= 11 is 0.